The molecule has 2 heterocycles. The number of rotatable bonds is 9. The largest absolute Gasteiger partial charge is 0.389 e. The highest BCUT2D eigenvalue weighted by Crippen LogP contribution is 2.37. The standard InChI is InChI=1S/C17H20ClF3N3O4S2/c1-2-24(13(25)6-10-30(27,28)9-4-7-17(19,20)21)16-14(18)22-15(29-16)12-5-3-8-23(26)11-12/h3,5,8,11,26H,2,4,6-7,9-10H2,1H3/q+1. The molecular formula is C17H20ClF3N3O4S2+. The maximum absolute atomic E-state index is 12.6. The zero-order valence-electron chi connectivity index (χ0n) is 15.9. The predicted molar refractivity (Wildman–Crippen MR) is 107 cm³/mol. The summed E-state index contributed by atoms with van der Waals surface area (Å²) in [5.41, 5.74) is 0.564. The number of carbonyl (C=O) groups excluding carboxylic acids is 1. The molecule has 30 heavy (non-hydrogen) atoms. The lowest BCUT2D eigenvalue weighted by Crippen LogP contribution is -2.32. The third-order valence-corrected chi connectivity index (χ3v) is 7.25. The number of pyridine rings is 1. The highest BCUT2D eigenvalue weighted by atomic mass is 35.5. The molecule has 0 aliphatic heterocycles. The first-order valence-corrected chi connectivity index (χ1v) is 11.9. The molecule has 2 aromatic rings. The van der Waals surface area contributed by atoms with E-state index in [1.54, 1.807) is 19.1 Å². The van der Waals surface area contributed by atoms with Crippen LogP contribution in [0, 0.1) is 0 Å². The van der Waals surface area contributed by atoms with Gasteiger partial charge in [0.1, 0.15) is 10.0 Å². The minimum absolute atomic E-state index is 0.0478. The number of sulfone groups is 1. The van der Waals surface area contributed by atoms with E-state index in [2.05, 4.69) is 4.98 Å². The molecule has 0 saturated heterocycles. The molecule has 166 valence electrons. The van der Waals surface area contributed by atoms with Gasteiger partial charge in [0.15, 0.2) is 15.0 Å². The zero-order valence-corrected chi connectivity index (χ0v) is 18.3. The van der Waals surface area contributed by atoms with Crippen molar-refractivity contribution in [1.82, 2.24) is 4.98 Å². The van der Waals surface area contributed by atoms with Crippen molar-refractivity contribution in [3.63, 3.8) is 0 Å². The minimum atomic E-state index is -4.42. The maximum atomic E-state index is 12.6. The third kappa shape index (κ3) is 7.10. The average Bonchev–Trinajstić information content (AvgIpc) is 3.01. The number of halogens is 4. The summed E-state index contributed by atoms with van der Waals surface area (Å²) in [6.07, 6.45) is -3.70. The van der Waals surface area contributed by atoms with Crippen molar-refractivity contribution in [2.45, 2.75) is 32.4 Å². The molecule has 13 heteroatoms. The van der Waals surface area contributed by atoms with Crippen LogP contribution in [0.3, 0.4) is 0 Å². The second kappa shape index (κ2) is 9.92. The van der Waals surface area contributed by atoms with E-state index in [1.165, 1.54) is 17.3 Å². The molecule has 2 aromatic heterocycles. The van der Waals surface area contributed by atoms with E-state index in [1.807, 2.05) is 0 Å². The summed E-state index contributed by atoms with van der Waals surface area (Å²) in [5, 5.41) is 10.3. The number of aromatic nitrogens is 2. The number of nitrogens with zero attached hydrogens (tertiary/aromatic N) is 3. The van der Waals surface area contributed by atoms with Gasteiger partial charge in [0.25, 0.3) is 0 Å². The number of thiazole rings is 1. The summed E-state index contributed by atoms with van der Waals surface area (Å²) in [7, 11) is -3.80. The van der Waals surface area contributed by atoms with Crippen LogP contribution in [0.4, 0.5) is 18.2 Å². The molecule has 0 spiro atoms. The van der Waals surface area contributed by atoms with Gasteiger partial charge < -0.3 is 4.90 Å². The van der Waals surface area contributed by atoms with Crippen LogP contribution in [-0.2, 0) is 14.6 Å². The molecule has 0 aromatic carbocycles. The van der Waals surface area contributed by atoms with Crippen molar-refractivity contribution in [2.24, 2.45) is 0 Å². The van der Waals surface area contributed by atoms with E-state index in [0.29, 0.717) is 15.6 Å². The topological polar surface area (TPSA) is 91.5 Å². The van der Waals surface area contributed by atoms with Gasteiger partial charge in [0, 0.05) is 30.2 Å². The number of anilines is 1. The van der Waals surface area contributed by atoms with E-state index in [0.717, 1.165) is 16.1 Å². The van der Waals surface area contributed by atoms with Crippen molar-refractivity contribution >= 4 is 43.7 Å². The van der Waals surface area contributed by atoms with E-state index in [-0.39, 0.29) is 18.1 Å². The van der Waals surface area contributed by atoms with Crippen LogP contribution >= 0.6 is 22.9 Å². The number of carbonyl (C=O) groups is 1. The van der Waals surface area contributed by atoms with Crippen LogP contribution in [0.1, 0.15) is 26.2 Å². The third-order valence-electron chi connectivity index (χ3n) is 4.01. The van der Waals surface area contributed by atoms with Crippen LogP contribution in [0.15, 0.2) is 24.5 Å². The van der Waals surface area contributed by atoms with E-state index >= 15 is 0 Å². The number of hydrogen-bond acceptors (Lipinski definition) is 6. The molecule has 0 aliphatic rings. The van der Waals surface area contributed by atoms with Crippen molar-refractivity contribution in [3.8, 4) is 10.6 Å². The van der Waals surface area contributed by atoms with Gasteiger partial charge in [-0.3, -0.25) is 10.0 Å². The molecule has 0 saturated carbocycles. The monoisotopic (exact) mass is 486 g/mol. The highest BCUT2D eigenvalue weighted by molar-refractivity contribution is 7.91. The van der Waals surface area contributed by atoms with Crippen LogP contribution in [0.25, 0.3) is 10.6 Å². The maximum Gasteiger partial charge on any atom is 0.389 e. The highest BCUT2D eigenvalue weighted by Gasteiger charge is 2.28. The van der Waals surface area contributed by atoms with Gasteiger partial charge in [0.2, 0.25) is 18.3 Å². The second-order valence-corrected chi connectivity index (χ2v) is 9.99. The van der Waals surface area contributed by atoms with E-state index in [9.17, 15) is 31.6 Å². The number of hydrogen-bond donors (Lipinski definition) is 1. The van der Waals surface area contributed by atoms with Gasteiger partial charge in [-0.15, -0.1) is 0 Å². The molecule has 0 aliphatic carbocycles. The van der Waals surface area contributed by atoms with Gasteiger partial charge in [-0.05, 0) is 19.4 Å². The molecule has 0 atom stereocenters. The van der Waals surface area contributed by atoms with E-state index < -0.39 is 46.3 Å². The van der Waals surface area contributed by atoms with Crippen molar-refractivity contribution in [2.75, 3.05) is 23.0 Å². The number of amides is 1. The van der Waals surface area contributed by atoms with Gasteiger partial charge in [-0.25, -0.2) is 13.4 Å². The first kappa shape index (κ1) is 24.4. The summed E-state index contributed by atoms with van der Waals surface area (Å²) >= 11 is 7.26. The Kier molecular flexibility index (Phi) is 8.06. The SMILES string of the molecule is CCN(C(=O)CCS(=O)(=O)CCCC(F)(F)F)c1sc(-c2ccc[n+](O)c2)nc1Cl. The Hall–Kier alpha value is -1.92. The van der Waals surface area contributed by atoms with Crippen LogP contribution in [0.2, 0.25) is 5.15 Å². The summed E-state index contributed by atoms with van der Waals surface area (Å²) in [4.78, 5) is 18.0. The summed E-state index contributed by atoms with van der Waals surface area (Å²) in [6.45, 7) is 1.87. The molecule has 2 rings (SSSR count). The molecule has 0 fully saturated rings. The Bertz CT molecular complexity index is 996. The second-order valence-electron chi connectivity index (χ2n) is 6.35. The first-order valence-electron chi connectivity index (χ1n) is 8.86. The quantitative estimate of drug-likeness (QED) is 0.433. The van der Waals surface area contributed by atoms with Crippen LogP contribution < -0.4 is 9.63 Å². The van der Waals surface area contributed by atoms with Crippen molar-refractivity contribution in [3.05, 3.63) is 29.7 Å². The van der Waals surface area contributed by atoms with Crippen molar-refractivity contribution < 1.29 is 36.3 Å². The van der Waals surface area contributed by atoms with Crippen LogP contribution in [-0.4, -0.2) is 48.7 Å². The lowest BCUT2D eigenvalue weighted by Gasteiger charge is -2.19. The summed E-state index contributed by atoms with van der Waals surface area (Å²) in [5.74, 6) is -1.71. The Labute approximate surface area is 180 Å². The minimum Gasteiger partial charge on any atom is -0.301 e. The van der Waals surface area contributed by atoms with Gasteiger partial charge >= 0.3 is 6.18 Å². The molecule has 1 amide bonds. The zero-order chi connectivity index (χ0) is 22.5. The summed E-state index contributed by atoms with van der Waals surface area (Å²) in [6, 6.07) is 3.29. The van der Waals surface area contributed by atoms with E-state index in [4.69, 9.17) is 11.6 Å². The molecule has 0 unspecified atom stereocenters. The molecule has 1 N–H and O–H groups in total. The Balaban J connectivity index is 2.06. The summed E-state index contributed by atoms with van der Waals surface area (Å²) < 4.78 is 61.3. The average molecular weight is 487 g/mol. The van der Waals surface area contributed by atoms with Gasteiger partial charge in [-0.1, -0.05) is 22.9 Å². The molecule has 0 bridgehead atoms. The fourth-order valence-corrected chi connectivity index (χ4v) is 5.23. The Morgan fingerprint density at radius 1 is 1.37 bits per heavy atom. The van der Waals surface area contributed by atoms with Gasteiger partial charge in [0.05, 0.1) is 17.1 Å². The number of alkyl halides is 3. The van der Waals surface area contributed by atoms with Crippen molar-refractivity contribution in [1.29, 1.82) is 0 Å². The fourth-order valence-electron chi connectivity index (χ4n) is 2.58. The molecule has 7 nitrogen and oxygen atoms in total. The fraction of sp³-hybridized carbons (Fsp3) is 0.471. The lowest BCUT2D eigenvalue weighted by molar-refractivity contribution is -0.904. The van der Waals surface area contributed by atoms with Crippen LogP contribution in [0.5, 0.6) is 0 Å². The smallest absolute Gasteiger partial charge is 0.301 e. The Morgan fingerprint density at radius 2 is 2.07 bits per heavy atom. The predicted octanol–water partition coefficient (Wildman–Crippen LogP) is 3.49. The molecular weight excluding hydrogens is 467 g/mol. The first-order chi connectivity index (χ1) is 13.9. The lowest BCUT2D eigenvalue weighted by atomic mass is 10.3. The molecule has 0 radical (unpaired) electrons. The van der Waals surface area contributed by atoms with Gasteiger partial charge in [-0.2, -0.15) is 13.2 Å². The normalized spacial score (nSPS) is 12.2. The Morgan fingerprint density at radius 3 is 2.67 bits per heavy atom.